The van der Waals surface area contributed by atoms with Gasteiger partial charge < -0.3 is 10.4 Å². The van der Waals surface area contributed by atoms with Crippen LogP contribution in [0.25, 0.3) is 0 Å². The minimum absolute atomic E-state index is 0.129. The first-order valence-electron chi connectivity index (χ1n) is 5.42. The second kappa shape index (κ2) is 5.58. The number of hydrogen-bond donors (Lipinski definition) is 2. The molecular weight excluding hydrogens is 208 g/mol. The highest BCUT2D eigenvalue weighted by Gasteiger charge is 2.24. The number of hydrogen-bond acceptors (Lipinski definition) is 4. The Morgan fingerprint density at radius 3 is 2.53 bits per heavy atom. The van der Waals surface area contributed by atoms with Gasteiger partial charge in [-0.1, -0.05) is 13.8 Å². The van der Waals surface area contributed by atoms with Gasteiger partial charge in [0, 0.05) is 17.0 Å². The Bertz CT molecular complexity index is 286. The van der Waals surface area contributed by atoms with Gasteiger partial charge in [-0.2, -0.15) is 0 Å². The van der Waals surface area contributed by atoms with E-state index in [9.17, 15) is 5.11 Å². The average Bonchev–Trinajstić information content (AvgIpc) is 2.67. The highest BCUT2D eigenvalue weighted by Crippen LogP contribution is 2.18. The lowest BCUT2D eigenvalue weighted by Gasteiger charge is -2.30. The molecule has 0 fully saturated rings. The SMILES string of the molecule is CCC(CC)(CO)NCc1scnc1C. The fourth-order valence-corrected chi connectivity index (χ4v) is 2.26. The lowest BCUT2D eigenvalue weighted by molar-refractivity contribution is 0.150. The molecule has 0 amide bonds. The van der Waals surface area contributed by atoms with Crippen LogP contribution in [0.3, 0.4) is 0 Å². The first kappa shape index (κ1) is 12.6. The van der Waals surface area contributed by atoms with Crippen LogP contribution in [0.4, 0.5) is 0 Å². The smallest absolute Gasteiger partial charge is 0.0798 e. The van der Waals surface area contributed by atoms with Gasteiger partial charge in [-0.25, -0.2) is 4.98 Å². The molecule has 15 heavy (non-hydrogen) atoms. The zero-order valence-corrected chi connectivity index (χ0v) is 10.5. The molecule has 0 aliphatic heterocycles. The van der Waals surface area contributed by atoms with Gasteiger partial charge in [-0.05, 0) is 19.8 Å². The molecule has 0 bridgehead atoms. The van der Waals surface area contributed by atoms with Gasteiger partial charge in [0.05, 0.1) is 17.8 Å². The van der Waals surface area contributed by atoms with Gasteiger partial charge in [0.25, 0.3) is 0 Å². The topological polar surface area (TPSA) is 45.1 Å². The van der Waals surface area contributed by atoms with Crippen LogP contribution in [0.15, 0.2) is 5.51 Å². The zero-order valence-electron chi connectivity index (χ0n) is 9.71. The van der Waals surface area contributed by atoms with Crippen molar-refractivity contribution in [2.24, 2.45) is 0 Å². The Morgan fingerprint density at radius 2 is 2.13 bits per heavy atom. The van der Waals surface area contributed by atoms with Crippen molar-refractivity contribution >= 4 is 11.3 Å². The molecule has 0 aliphatic rings. The summed E-state index contributed by atoms with van der Waals surface area (Å²) >= 11 is 1.67. The van der Waals surface area contributed by atoms with E-state index in [1.165, 1.54) is 4.88 Å². The van der Waals surface area contributed by atoms with Gasteiger partial charge in [-0.3, -0.25) is 0 Å². The number of nitrogens with one attached hydrogen (secondary N) is 1. The van der Waals surface area contributed by atoms with Crippen molar-refractivity contribution < 1.29 is 5.11 Å². The van der Waals surface area contributed by atoms with Crippen LogP contribution >= 0.6 is 11.3 Å². The molecule has 1 aromatic rings. The highest BCUT2D eigenvalue weighted by atomic mass is 32.1. The molecular formula is C11H20N2OS. The van der Waals surface area contributed by atoms with Crippen molar-refractivity contribution in [2.75, 3.05) is 6.61 Å². The van der Waals surface area contributed by atoms with Crippen LogP contribution < -0.4 is 5.32 Å². The fourth-order valence-electron chi connectivity index (χ4n) is 1.54. The predicted molar refractivity (Wildman–Crippen MR) is 64.1 cm³/mol. The maximum atomic E-state index is 9.40. The quantitative estimate of drug-likeness (QED) is 0.783. The Balaban J connectivity index is 2.58. The Labute approximate surface area is 95.6 Å². The Kier molecular flexibility index (Phi) is 4.70. The van der Waals surface area contributed by atoms with Crippen LogP contribution in [-0.2, 0) is 6.54 Å². The molecule has 1 aromatic heterocycles. The molecule has 4 heteroatoms. The standard InChI is InChI=1S/C11H20N2OS/c1-4-11(5-2,7-14)13-6-10-9(3)12-8-15-10/h8,13-14H,4-7H2,1-3H3. The lowest BCUT2D eigenvalue weighted by Crippen LogP contribution is -2.46. The molecule has 0 atom stereocenters. The maximum absolute atomic E-state index is 9.40. The first-order chi connectivity index (χ1) is 7.17. The summed E-state index contributed by atoms with van der Waals surface area (Å²) in [6.45, 7) is 7.22. The predicted octanol–water partition coefficient (Wildman–Crippen LogP) is 2.09. The van der Waals surface area contributed by atoms with E-state index in [-0.39, 0.29) is 12.1 Å². The number of aliphatic hydroxyl groups excluding tert-OH is 1. The van der Waals surface area contributed by atoms with E-state index < -0.39 is 0 Å². The molecule has 0 aliphatic carbocycles. The van der Waals surface area contributed by atoms with Gasteiger partial charge in [0.2, 0.25) is 0 Å². The molecule has 1 heterocycles. The Hall–Kier alpha value is -0.450. The summed E-state index contributed by atoms with van der Waals surface area (Å²) in [7, 11) is 0. The molecule has 0 saturated heterocycles. The summed E-state index contributed by atoms with van der Waals surface area (Å²) in [6.07, 6.45) is 1.88. The van der Waals surface area contributed by atoms with Crippen LogP contribution in [0.2, 0.25) is 0 Å². The molecule has 86 valence electrons. The Morgan fingerprint density at radius 1 is 1.47 bits per heavy atom. The third kappa shape index (κ3) is 3.00. The molecule has 0 aromatic carbocycles. The summed E-state index contributed by atoms with van der Waals surface area (Å²) in [6, 6.07) is 0. The van der Waals surface area contributed by atoms with Crippen molar-refractivity contribution in [1.82, 2.24) is 10.3 Å². The van der Waals surface area contributed by atoms with Gasteiger partial charge >= 0.3 is 0 Å². The van der Waals surface area contributed by atoms with Crippen LogP contribution in [-0.4, -0.2) is 22.2 Å². The van der Waals surface area contributed by atoms with Crippen LogP contribution in [0, 0.1) is 6.92 Å². The van der Waals surface area contributed by atoms with E-state index in [0.717, 1.165) is 25.1 Å². The number of aromatic nitrogens is 1. The molecule has 3 nitrogen and oxygen atoms in total. The van der Waals surface area contributed by atoms with Crippen molar-refractivity contribution in [3.8, 4) is 0 Å². The first-order valence-corrected chi connectivity index (χ1v) is 6.30. The molecule has 1 rings (SSSR count). The normalized spacial score (nSPS) is 12.0. The van der Waals surface area contributed by atoms with E-state index in [1.807, 2.05) is 12.4 Å². The van der Waals surface area contributed by atoms with Crippen molar-refractivity contribution in [3.05, 3.63) is 16.1 Å². The van der Waals surface area contributed by atoms with Crippen molar-refractivity contribution in [3.63, 3.8) is 0 Å². The number of aryl methyl sites for hydroxylation is 1. The zero-order chi connectivity index (χ0) is 11.3. The van der Waals surface area contributed by atoms with Crippen LogP contribution in [0.1, 0.15) is 37.3 Å². The highest BCUT2D eigenvalue weighted by molar-refractivity contribution is 7.09. The molecule has 0 unspecified atom stereocenters. The third-order valence-corrected chi connectivity index (χ3v) is 4.06. The summed E-state index contributed by atoms with van der Waals surface area (Å²) in [5.41, 5.74) is 2.83. The summed E-state index contributed by atoms with van der Waals surface area (Å²) in [5.74, 6) is 0. The van der Waals surface area contributed by atoms with E-state index in [4.69, 9.17) is 0 Å². The minimum Gasteiger partial charge on any atom is -0.394 e. The van der Waals surface area contributed by atoms with E-state index >= 15 is 0 Å². The van der Waals surface area contributed by atoms with E-state index in [0.29, 0.717) is 0 Å². The lowest BCUT2D eigenvalue weighted by atomic mass is 9.94. The second-order valence-corrected chi connectivity index (χ2v) is 4.80. The van der Waals surface area contributed by atoms with Gasteiger partial charge in [0.15, 0.2) is 0 Å². The second-order valence-electron chi connectivity index (χ2n) is 3.86. The maximum Gasteiger partial charge on any atom is 0.0798 e. The van der Waals surface area contributed by atoms with Gasteiger partial charge in [-0.15, -0.1) is 11.3 Å². The minimum atomic E-state index is -0.129. The van der Waals surface area contributed by atoms with Gasteiger partial charge in [0.1, 0.15) is 0 Å². The van der Waals surface area contributed by atoms with E-state index in [1.54, 1.807) is 11.3 Å². The fraction of sp³-hybridized carbons (Fsp3) is 0.727. The number of rotatable bonds is 6. The number of aliphatic hydroxyl groups is 1. The summed E-state index contributed by atoms with van der Waals surface area (Å²) < 4.78 is 0. The van der Waals surface area contributed by atoms with Crippen molar-refractivity contribution in [2.45, 2.75) is 45.7 Å². The number of thiazole rings is 1. The molecule has 0 radical (unpaired) electrons. The summed E-state index contributed by atoms with van der Waals surface area (Å²) in [5, 5.41) is 12.8. The van der Waals surface area contributed by atoms with Crippen LogP contribution in [0.5, 0.6) is 0 Å². The summed E-state index contributed by atoms with van der Waals surface area (Å²) in [4.78, 5) is 5.47. The molecule has 0 spiro atoms. The average molecular weight is 228 g/mol. The monoisotopic (exact) mass is 228 g/mol. The molecule has 2 N–H and O–H groups in total. The largest absolute Gasteiger partial charge is 0.394 e. The van der Waals surface area contributed by atoms with E-state index in [2.05, 4.69) is 24.1 Å². The van der Waals surface area contributed by atoms with Crippen molar-refractivity contribution in [1.29, 1.82) is 0 Å². The number of nitrogens with zero attached hydrogens (tertiary/aromatic N) is 1. The molecule has 0 saturated carbocycles. The third-order valence-electron chi connectivity index (χ3n) is 3.13.